The molecule has 0 aliphatic rings. The maximum Gasteiger partial charge on any atom is 0.408 e. The number of carbonyl (C=O) groups is 2. The summed E-state index contributed by atoms with van der Waals surface area (Å²) in [5, 5.41) is 18.7. The van der Waals surface area contributed by atoms with Gasteiger partial charge in [-0.15, -0.1) is 0 Å². The number of anilines is 2. The van der Waals surface area contributed by atoms with Crippen LogP contribution >= 0.6 is 0 Å². The number of ether oxygens (including phenoxy) is 1. The fourth-order valence-corrected chi connectivity index (χ4v) is 4.50. The molecule has 0 bridgehead atoms. The fraction of sp³-hybridized carbons (Fsp3) is 0.147. The third-order valence-corrected chi connectivity index (χ3v) is 6.88. The zero-order valence-corrected chi connectivity index (χ0v) is 24.3. The minimum atomic E-state index is -1.43. The minimum absolute atomic E-state index is 0.0240. The van der Waals surface area contributed by atoms with E-state index in [1.54, 1.807) is 36.7 Å². The maximum absolute atomic E-state index is 13.1. The number of carbonyl (C=O) groups excluding carboxylic acids is 1. The zero-order chi connectivity index (χ0) is 31.4. The number of nitrogens with one attached hydrogen (secondary N) is 3. The molecule has 0 unspecified atom stereocenters. The average molecular weight is 605 g/mol. The number of aromatic nitrogens is 3. The summed E-state index contributed by atoms with van der Waals surface area (Å²) in [5.74, 6) is -0.169. The molecule has 11 nitrogen and oxygen atoms in total. The number of alkyl carbamates (subject to hydrolysis) is 1. The summed E-state index contributed by atoms with van der Waals surface area (Å²) < 4.78 is 6.35. The van der Waals surface area contributed by atoms with Gasteiger partial charge in [0.05, 0.1) is 6.54 Å². The Labute approximate surface area is 259 Å². The minimum Gasteiger partial charge on any atom is -0.480 e. The van der Waals surface area contributed by atoms with Crippen molar-refractivity contribution in [2.45, 2.75) is 32.3 Å². The Bertz CT molecular complexity index is 1760. The number of benzene rings is 3. The number of hydrogen-bond donors (Lipinski definition) is 4. The van der Waals surface area contributed by atoms with Crippen molar-refractivity contribution in [3.05, 3.63) is 143 Å². The molecule has 228 valence electrons. The van der Waals surface area contributed by atoms with Crippen LogP contribution in [-0.4, -0.2) is 37.7 Å². The maximum atomic E-state index is 13.1. The molecule has 0 saturated carbocycles. The van der Waals surface area contributed by atoms with Gasteiger partial charge in [0.1, 0.15) is 24.3 Å². The highest BCUT2D eigenvalue weighted by Gasteiger charge is 2.23. The lowest BCUT2D eigenvalue weighted by Gasteiger charge is -2.18. The van der Waals surface area contributed by atoms with E-state index >= 15 is 0 Å². The molecule has 1 atom stereocenters. The van der Waals surface area contributed by atoms with E-state index in [4.69, 9.17) is 4.74 Å². The number of nitrogens with zero attached hydrogens (tertiary/aromatic N) is 3. The number of rotatable bonds is 13. The molecule has 0 aliphatic carbocycles. The van der Waals surface area contributed by atoms with Crippen LogP contribution < -0.4 is 21.6 Å². The van der Waals surface area contributed by atoms with Crippen molar-refractivity contribution in [3.63, 3.8) is 0 Å². The largest absolute Gasteiger partial charge is 0.480 e. The van der Waals surface area contributed by atoms with Crippen molar-refractivity contribution in [3.8, 4) is 11.1 Å². The molecule has 1 amide bonds. The van der Waals surface area contributed by atoms with Crippen LogP contribution in [0.2, 0.25) is 0 Å². The summed E-state index contributed by atoms with van der Waals surface area (Å²) in [5.41, 5.74) is 3.52. The standard InChI is InChI=1S/C34H32N6O5/c41-32(42)29(38-34(44)45-23-26-9-3-1-4-10-26)22-40-21-28(27-11-5-2-6-12-27)31(39-33(40)43)37-20-25-16-14-24(15-17-25)19-36-30-13-7-8-18-35-30/h1-18,21,29H,19-20,22-23H2,(H,35,36)(H,38,44)(H,41,42)(H,37,39,43)/t29-/m0/s1. The van der Waals surface area contributed by atoms with Crippen molar-refractivity contribution < 1.29 is 19.4 Å². The average Bonchev–Trinajstić information content (AvgIpc) is 3.07. The molecule has 2 aromatic heterocycles. The van der Waals surface area contributed by atoms with Gasteiger partial charge < -0.3 is 25.8 Å². The SMILES string of the molecule is O=C(N[C@@H](Cn1cc(-c2ccccc2)c(NCc2ccc(CNc3ccccn3)cc2)nc1=O)C(=O)O)OCc1ccccc1. The Morgan fingerprint density at radius 2 is 1.44 bits per heavy atom. The van der Waals surface area contributed by atoms with Gasteiger partial charge in [0.25, 0.3) is 0 Å². The lowest BCUT2D eigenvalue weighted by molar-refractivity contribution is -0.139. The molecule has 5 rings (SSSR count). The molecule has 0 spiro atoms. The summed E-state index contributed by atoms with van der Waals surface area (Å²) in [6, 6.07) is 30.6. The van der Waals surface area contributed by atoms with Crippen LogP contribution in [0.25, 0.3) is 11.1 Å². The highest BCUT2D eigenvalue weighted by Crippen LogP contribution is 2.25. The van der Waals surface area contributed by atoms with Crippen molar-refractivity contribution in [1.82, 2.24) is 19.9 Å². The molecule has 3 aromatic carbocycles. The van der Waals surface area contributed by atoms with Crippen LogP contribution in [-0.2, 0) is 35.8 Å². The monoisotopic (exact) mass is 604 g/mol. The first-order chi connectivity index (χ1) is 21.9. The van der Waals surface area contributed by atoms with E-state index in [1.807, 2.05) is 78.9 Å². The van der Waals surface area contributed by atoms with Gasteiger partial charge in [0, 0.05) is 31.0 Å². The Kier molecular flexibility index (Phi) is 10.1. The van der Waals surface area contributed by atoms with Crippen LogP contribution in [0.4, 0.5) is 16.4 Å². The first-order valence-corrected chi connectivity index (χ1v) is 14.3. The Morgan fingerprint density at radius 1 is 0.800 bits per heavy atom. The van der Waals surface area contributed by atoms with Gasteiger partial charge in [-0.05, 0) is 34.4 Å². The number of carboxylic acids is 1. The van der Waals surface area contributed by atoms with Gasteiger partial charge in [-0.2, -0.15) is 4.98 Å². The van der Waals surface area contributed by atoms with Crippen LogP contribution in [0.3, 0.4) is 0 Å². The third kappa shape index (κ3) is 8.77. The number of carboxylic acid groups (broad SMARTS) is 1. The van der Waals surface area contributed by atoms with E-state index in [2.05, 4.69) is 25.9 Å². The predicted molar refractivity (Wildman–Crippen MR) is 170 cm³/mol. The molecule has 45 heavy (non-hydrogen) atoms. The molecule has 0 fully saturated rings. The van der Waals surface area contributed by atoms with Crippen LogP contribution in [0.5, 0.6) is 0 Å². The number of aliphatic carboxylic acids is 1. The summed E-state index contributed by atoms with van der Waals surface area (Å²) >= 11 is 0. The molecule has 0 saturated heterocycles. The molecule has 0 radical (unpaired) electrons. The van der Waals surface area contributed by atoms with Gasteiger partial charge in [0.2, 0.25) is 0 Å². The summed E-state index contributed by atoms with van der Waals surface area (Å²) in [6.45, 7) is 0.649. The van der Waals surface area contributed by atoms with Gasteiger partial charge in [-0.1, -0.05) is 91.0 Å². The normalized spacial score (nSPS) is 11.3. The highest BCUT2D eigenvalue weighted by atomic mass is 16.5. The predicted octanol–water partition coefficient (Wildman–Crippen LogP) is 4.91. The Hall–Kier alpha value is -5.97. The van der Waals surface area contributed by atoms with Gasteiger partial charge in [-0.3, -0.25) is 4.57 Å². The third-order valence-electron chi connectivity index (χ3n) is 6.88. The van der Waals surface area contributed by atoms with Crippen molar-refractivity contribution in [2.75, 3.05) is 10.6 Å². The Balaban J connectivity index is 1.28. The van der Waals surface area contributed by atoms with Crippen LogP contribution in [0.15, 0.2) is 120 Å². The van der Waals surface area contributed by atoms with E-state index in [0.717, 1.165) is 28.1 Å². The topological polar surface area (TPSA) is 147 Å². The van der Waals surface area contributed by atoms with Gasteiger partial charge in [-0.25, -0.2) is 19.4 Å². The fourth-order valence-electron chi connectivity index (χ4n) is 4.50. The lowest BCUT2D eigenvalue weighted by atomic mass is 10.1. The molecular weight excluding hydrogens is 572 g/mol. The van der Waals surface area contributed by atoms with E-state index in [9.17, 15) is 19.5 Å². The summed E-state index contributed by atoms with van der Waals surface area (Å²) in [6.07, 6.45) is 2.37. The van der Waals surface area contributed by atoms with E-state index in [0.29, 0.717) is 24.5 Å². The first-order valence-electron chi connectivity index (χ1n) is 14.3. The Morgan fingerprint density at radius 3 is 2.09 bits per heavy atom. The van der Waals surface area contributed by atoms with Gasteiger partial charge in [0.15, 0.2) is 0 Å². The lowest BCUT2D eigenvalue weighted by Crippen LogP contribution is -2.45. The van der Waals surface area contributed by atoms with Crippen molar-refractivity contribution >= 4 is 23.7 Å². The molecule has 11 heteroatoms. The molecule has 2 heterocycles. The zero-order valence-electron chi connectivity index (χ0n) is 24.3. The van der Waals surface area contributed by atoms with Crippen molar-refractivity contribution in [2.24, 2.45) is 0 Å². The number of amides is 1. The highest BCUT2D eigenvalue weighted by molar-refractivity contribution is 5.80. The molecular formula is C34H32N6O5. The number of pyridine rings is 1. The van der Waals surface area contributed by atoms with Gasteiger partial charge >= 0.3 is 17.8 Å². The smallest absolute Gasteiger partial charge is 0.408 e. The summed E-state index contributed by atoms with van der Waals surface area (Å²) in [4.78, 5) is 46.0. The molecule has 5 aromatic rings. The molecule has 0 aliphatic heterocycles. The van der Waals surface area contributed by atoms with E-state index in [-0.39, 0.29) is 13.2 Å². The second kappa shape index (κ2) is 15.0. The van der Waals surface area contributed by atoms with Crippen molar-refractivity contribution in [1.29, 1.82) is 0 Å². The second-order valence-corrected chi connectivity index (χ2v) is 10.1. The van der Waals surface area contributed by atoms with Crippen LogP contribution in [0.1, 0.15) is 16.7 Å². The van der Waals surface area contributed by atoms with E-state index < -0.39 is 23.8 Å². The summed E-state index contributed by atoms with van der Waals surface area (Å²) in [7, 11) is 0. The first kappa shape index (κ1) is 30.5. The number of hydrogen-bond acceptors (Lipinski definition) is 8. The van der Waals surface area contributed by atoms with E-state index in [1.165, 1.54) is 4.57 Å². The van der Waals surface area contributed by atoms with Crippen LogP contribution in [0, 0.1) is 0 Å². The quantitative estimate of drug-likeness (QED) is 0.147. The second-order valence-electron chi connectivity index (χ2n) is 10.1. The molecule has 4 N–H and O–H groups in total.